The van der Waals surface area contributed by atoms with Crippen LogP contribution in [0, 0.1) is 5.82 Å². The Bertz CT molecular complexity index is 787. The molecule has 0 aliphatic carbocycles. The molecule has 1 N–H and O–H groups in total. The molecule has 0 bridgehead atoms. The molecule has 1 aliphatic heterocycles. The van der Waals surface area contributed by atoms with E-state index in [1.165, 1.54) is 12.1 Å². The summed E-state index contributed by atoms with van der Waals surface area (Å²) in [5.41, 5.74) is 0.929. The number of carbonyl (C=O) groups is 2. The van der Waals surface area contributed by atoms with Crippen LogP contribution in [-0.4, -0.2) is 34.5 Å². The van der Waals surface area contributed by atoms with Gasteiger partial charge in [-0.3, -0.25) is 9.59 Å². The van der Waals surface area contributed by atoms with Crippen molar-refractivity contribution >= 4 is 11.8 Å². The number of nitrogens with zero attached hydrogens (tertiary/aromatic N) is 2. The lowest BCUT2D eigenvalue weighted by Gasteiger charge is -2.17. The van der Waals surface area contributed by atoms with Crippen molar-refractivity contribution in [3.8, 4) is 0 Å². The van der Waals surface area contributed by atoms with Crippen molar-refractivity contribution in [1.29, 1.82) is 0 Å². The number of hydrogen-bond acceptors (Lipinski definition) is 4. The molecule has 0 radical (unpaired) electrons. The van der Waals surface area contributed by atoms with Crippen molar-refractivity contribution in [3.05, 3.63) is 53.2 Å². The lowest BCUT2D eigenvalue weighted by atomic mass is 10.1. The third-order valence-electron chi connectivity index (χ3n) is 4.14. The molecule has 6 nitrogen and oxygen atoms in total. The first-order chi connectivity index (χ1) is 11.9. The van der Waals surface area contributed by atoms with Crippen LogP contribution in [0.5, 0.6) is 0 Å². The fourth-order valence-electron chi connectivity index (χ4n) is 2.81. The number of likely N-dealkylation sites (tertiary alicyclic amines) is 1. The molecular formula is C18H20FN3O3. The van der Waals surface area contributed by atoms with Gasteiger partial charge in [0.25, 0.3) is 5.91 Å². The monoisotopic (exact) mass is 345 g/mol. The molecule has 1 saturated heterocycles. The second-order valence-electron chi connectivity index (χ2n) is 6.55. The third kappa shape index (κ3) is 4.04. The van der Waals surface area contributed by atoms with Crippen molar-refractivity contribution in [2.45, 2.75) is 38.8 Å². The highest BCUT2D eigenvalue weighted by Gasteiger charge is 2.31. The highest BCUT2D eigenvalue weighted by Crippen LogP contribution is 2.18. The van der Waals surface area contributed by atoms with E-state index in [0.29, 0.717) is 18.8 Å². The standard InChI is InChI=1S/C18H20FN3O3/c1-11(2)16-8-15(21-25-16)18(24)20-14-7-17(23)22(10-14)9-12-4-3-5-13(19)6-12/h3-6,8,11,14H,7,9-10H2,1-2H3,(H,20,24)/t14-/m0/s1. The summed E-state index contributed by atoms with van der Waals surface area (Å²) in [4.78, 5) is 26.0. The average molecular weight is 345 g/mol. The van der Waals surface area contributed by atoms with E-state index in [1.807, 2.05) is 13.8 Å². The van der Waals surface area contributed by atoms with Gasteiger partial charge in [-0.25, -0.2) is 4.39 Å². The first-order valence-corrected chi connectivity index (χ1v) is 8.22. The van der Waals surface area contributed by atoms with E-state index in [-0.39, 0.29) is 41.7 Å². The molecule has 2 heterocycles. The summed E-state index contributed by atoms with van der Waals surface area (Å²) in [5.74, 6) is 0.0175. The zero-order chi connectivity index (χ0) is 18.0. The molecule has 0 saturated carbocycles. The van der Waals surface area contributed by atoms with E-state index >= 15 is 0 Å². The van der Waals surface area contributed by atoms with Crippen LogP contribution in [0.2, 0.25) is 0 Å². The summed E-state index contributed by atoms with van der Waals surface area (Å²) in [5, 5.41) is 6.57. The Labute approximate surface area is 145 Å². The lowest BCUT2D eigenvalue weighted by Crippen LogP contribution is -2.37. The van der Waals surface area contributed by atoms with Gasteiger partial charge in [-0.2, -0.15) is 0 Å². The average Bonchev–Trinajstić information content (AvgIpc) is 3.15. The van der Waals surface area contributed by atoms with Crippen LogP contribution in [0.25, 0.3) is 0 Å². The van der Waals surface area contributed by atoms with Gasteiger partial charge >= 0.3 is 0 Å². The number of rotatable bonds is 5. The van der Waals surface area contributed by atoms with Gasteiger partial charge in [0.15, 0.2) is 5.69 Å². The SMILES string of the molecule is CC(C)c1cc(C(=O)N[C@H]2CC(=O)N(Cc3cccc(F)c3)C2)no1. The Morgan fingerprint density at radius 3 is 2.92 bits per heavy atom. The topological polar surface area (TPSA) is 75.4 Å². The van der Waals surface area contributed by atoms with Gasteiger partial charge in [0.2, 0.25) is 5.91 Å². The first kappa shape index (κ1) is 17.1. The van der Waals surface area contributed by atoms with Gasteiger partial charge in [0.1, 0.15) is 11.6 Å². The number of halogens is 1. The van der Waals surface area contributed by atoms with Crippen molar-refractivity contribution in [2.75, 3.05) is 6.54 Å². The van der Waals surface area contributed by atoms with Crippen molar-refractivity contribution < 1.29 is 18.5 Å². The van der Waals surface area contributed by atoms with Crippen LogP contribution in [0.3, 0.4) is 0 Å². The van der Waals surface area contributed by atoms with E-state index in [4.69, 9.17) is 4.52 Å². The fourth-order valence-corrected chi connectivity index (χ4v) is 2.81. The molecule has 2 aromatic rings. The molecule has 1 aliphatic rings. The minimum absolute atomic E-state index is 0.0717. The summed E-state index contributed by atoms with van der Waals surface area (Å²) in [6.07, 6.45) is 0.218. The second kappa shape index (κ2) is 7.04. The van der Waals surface area contributed by atoms with Gasteiger partial charge in [-0.05, 0) is 17.7 Å². The molecule has 1 fully saturated rings. The zero-order valence-corrected chi connectivity index (χ0v) is 14.2. The predicted octanol–water partition coefficient (Wildman–Crippen LogP) is 2.47. The first-order valence-electron chi connectivity index (χ1n) is 8.22. The molecule has 1 atom stereocenters. The molecule has 1 aromatic carbocycles. The minimum atomic E-state index is -0.360. The van der Waals surface area contributed by atoms with E-state index in [2.05, 4.69) is 10.5 Å². The molecule has 0 unspecified atom stereocenters. The van der Waals surface area contributed by atoms with Crippen molar-refractivity contribution in [2.24, 2.45) is 0 Å². The van der Waals surface area contributed by atoms with Crippen LogP contribution in [0.1, 0.15) is 48.0 Å². The maximum atomic E-state index is 13.3. The number of nitrogens with one attached hydrogen (secondary N) is 1. The van der Waals surface area contributed by atoms with Gasteiger partial charge < -0.3 is 14.7 Å². The largest absolute Gasteiger partial charge is 0.360 e. The normalized spacial score (nSPS) is 17.4. The van der Waals surface area contributed by atoms with Crippen molar-refractivity contribution in [3.63, 3.8) is 0 Å². The molecule has 1 aromatic heterocycles. The molecular weight excluding hydrogens is 325 g/mol. The van der Waals surface area contributed by atoms with Crippen LogP contribution in [0.4, 0.5) is 4.39 Å². The highest BCUT2D eigenvalue weighted by molar-refractivity contribution is 5.93. The van der Waals surface area contributed by atoms with Crippen LogP contribution >= 0.6 is 0 Å². The number of benzene rings is 1. The van der Waals surface area contributed by atoms with Gasteiger partial charge in [-0.1, -0.05) is 31.1 Å². The summed E-state index contributed by atoms with van der Waals surface area (Å²) < 4.78 is 18.4. The van der Waals surface area contributed by atoms with E-state index in [0.717, 1.165) is 5.56 Å². The number of aromatic nitrogens is 1. The molecule has 7 heteroatoms. The fraction of sp³-hybridized carbons (Fsp3) is 0.389. The Kier molecular flexibility index (Phi) is 4.83. The minimum Gasteiger partial charge on any atom is -0.360 e. The van der Waals surface area contributed by atoms with Gasteiger partial charge in [-0.15, -0.1) is 0 Å². The van der Waals surface area contributed by atoms with Crippen LogP contribution in [-0.2, 0) is 11.3 Å². The summed E-state index contributed by atoms with van der Waals surface area (Å²) in [6.45, 7) is 4.60. The molecule has 3 rings (SSSR count). The summed E-state index contributed by atoms with van der Waals surface area (Å²) >= 11 is 0. The van der Waals surface area contributed by atoms with Gasteiger partial charge in [0.05, 0.1) is 6.04 Å². The smallest absolute Gasteiger partial charge is 0.273 e. The van der Waals surface area contributed by atoms with Crippen molar-refractivity contribution in [1.82, 2.24) is 15.4 Å². The Hall–Kier alpha value is -2.70. The number of carbonyl (C=O) groups excluding carboxylic acids is 2. The van der Waals surface area contributed by atoms with Crippen LogP contribution < -0.4 is 5.32 Å². The highest BCUT2D eigenvalue weighted by atomic mass is 19.1. The molecule has 0 spiro atoms. The zero-order valence-electron chi connectivity index (χ0n) is 14.2. The molecule has 2 amide bonds. The third-order valence-corrected chi connectivity index (χ3v) is 4.14. The maximum Gasteiger partial charge on any atom is 0.273 e. The summed E-state index contributed by atoms with van der Waals surface area (Å²) in [6, 6.07) is 7.46. The Balaban J connectivity index is 1.59. The van der Waals surface area contributed by atoms with Gasteiger partial charge in [0, 0.05) is 31.5 Å². The predicted molar refractivity (Wildman–Crippen MR) is 88.3 cm³/mol. The van der Waals surface area contributed by atoms with E-state index in [1.54, 1.807) is 23.1 Å². The Morgan fingerprint density at radius 1 is 1.44 bits per heavy atom. The Morgan fingerprint density at radius 2 is 2.24 bits per heavy atom. The van der Waals surface area contributed by atoms with E-state index in [9.17, 15) is 14.0 Å². The number of hydrogen-bond donors (Lipinski definition) is 1. The molecule has 25 heavy (non-hydrogen) atoms. The van der Waals surface area contributed by atoms with Crippen LogP contribution in [0.15, 0.2) is 34.9 Å². The summed E-state index contributed by atoms with van der Waals surface area (Å²) in [7, 11) is 0. The molecule has 132 valence electrons. The quantitative estimate of drug-likeness (QED) is 0.903. The maximum absolute atomic E-state index is 13.3. The lowest BCUT2D eigenvalue weighted by molar-refractivity contribution is -0.128. The van der Waals surface area contributed by atoms with E-state index < -0.39 is 0 Å². The number of amides is 2. The second-order valence-corrected chi connectivity index (χ2v) is 6.55.